The van der Waals surface area contributed by atoms with Crippen molar-refractivity contribution in [2.45, 2.75) is 45.6 Å². The van der Waals surface area contributed by atoms with Crippen molar-refractivity contribution >= 4 is 23.8 Å². The van der Waals surface area contributed by atoms with Crippen LogP contribution in [0.4, 0.5) is 4.79 Å². The summed E-state index contributed by atoms with van der Waals surface area (Å²) in [6, 6.07) is 17.9. The molecule has 3 rings (SSSR count). The molecule has 2 aromatic carbocycles. The summed E-state index contributed by atoms with van der Waals surface area (Å²) in [4.78, 5) is 67.6. The van der Waals surface area contributed by atoms with Crippen molar-refractivity contribution in [1.29, 1.82) is 0 Å². The standard InChI is InChI=1S/C27H27N3O8/c1-16(2)36-27(35)38-17(3)37-22(32)14-21(31)24-28-15-20(26(34)30-24)25(33)29-23(18-10-6-4-7-11-18)19-12-8-5-9-13-19/h4-13,15-17,23H,14H2,1-3H3,(H,29,33)(H,28,30,34). The van der Waals surface area contributed by atoms with E-state index in [0.29, 0.717) is 0 Å². The molecule has 0 aliphatic carbocycles. The number of carbonyl (C=O) groups is 4. The van der Waals surface area contributed by atoms with Gasteiger partial charge in [-0.1, -0.05) is 60.7 Å². The number of aromatic amines is 1. The Morgan fingerprint density at radius 2 is 1.45 bits per heavy atom. The molecule has 0 radical (unpaired) electrons. The lowest BCUT2D eigenvalue weighted by Crippen LogP contribution is -2.34. The van der Waals surface area contributed by atoms with Crippen LogP contribution in [-0.2, 0) is 19.0 Å². The van der Waals surface area contributed by atoms with Crippen LogP contribution in [0.25, 0.3) is 0 Å². The van der Waals surface area contributed by atoms with Crippen molar-refractivity contribution < 1.29 is 33.4 Å². The summed E-state index contributed by atoms with van der Waals surface area (Å²) in [7, 11) is 0. The molecule has 1 amide bonds. The highest BCUT2D eigenvalue weighted by Gasteiger charge is 2.23. The number of carbonyl (C=O) groups excluding carboxylic acids is 4. The van der Waals surface area contributed by atoms with Gasteiger partial charge in [0.1, 0.15) is 12.0 Å². The van der Waals surface area contributed by atoms with Gasteiger partial charge in [-0.15, -0.1) is 0 Å². The van der Waals surface area contributed by atoms with E-state index < -0.39 is 60.1 Å². The third-order valence-corrected chi connectivity index (χ3v) is 5.05. The van der Waals surface area contributed by atoms with Crippen molar-refractivity contribution in [2.24, 2.45) is 0 Å². The first-order valence-corrected chi connectivity index (χ1v) is 11.7. The smallest absolute Gasteiger partial charge is 0.431 e. The Hall–Kier alpha value is -4.80. The zero-order chi connectivity index (χ0) is 27.7. The first-order valence-electron chi connectivity index (χ1n) is 11.7. The summed E-state index contributed by atoms with van der Waals surface area (Å²) < 4.78 is 14.4. The normalized spacial score (nSPS) is 11.5. The number of amides is 1. The van der Waals surface area contributed by atoms with E-state index in [1.807, 2.05) is 60.7 Å². The molecule has 0 spiro atoms. The molecule has 0 aliphatic rings. The minimum Gasteiger partial charge on any atom is -0.431 e. The summed E-state index contributed by atoms with van der Waals surface area (Å²) in [5.41, 5.74) is 0.434. The number of esters is 1. The van der Waals surface area contributed by atoms with E-state index >= 15 is 0 Å². The van der Waals surface area contributed by atoms with Crippen LogP contribution in [0.1, 0.15) is 65.3 Å². The minimum atomic E-state index is -1.30. The maximum atomic E-state index is 13.0. The van der Waals surface area contributed by atoms with E-state index in [2.05, 4.69) is 15.3 Å². The maximum absolute atomic E-state index is 13.0. The molecule has 1 heterocycles. The Morgan fingerprint density at radius 1 is 0.868 bits per heavy atom. The van der Waals surface area contributed by atoms with Crippen LogP contribution in [-0.4, -0.2) is 46.2 Å². The quantitative estimate of drug-likeness (QED) is 0.177. The Balaban J connectivity index is 1.66. The SMILES string of the molecule is CC(C)OC(=O)OC(C)OC(=O)CC(=O)c1ncc(C(=O)NC(c2ccccc2)c2ccccc2)c(=O)[nH]1. The van der Waals surface area contributed by atoms with Crippen LogP contribution < -0.4 is 10.9 Å². The fraction of sp³-hybridized carbons (Fsp3) is 0.259. The van der Waals surface area contributed by atoms with Gasteiger partial charge in [0.25, 0.3) is 11.5 Å². The van der Waals surface area contributed by atoms with Gasteiger partial charge < -0.3 is 24.5 Å². The van der Waals surface area contributed by atoms with Crippen LogP contribution in [0.3, 0.4) is 0 Å². The highest BCUT2D eigenvalue weighted by molar-refractivity contribution is 6.04. The topological polar surface area (TPSA) is 154 Å². The Bertz CT molecular complexity index is 1300. The lowest BCUT2D eigenvalue weighted by molar-refractivity contribution is -0.167. The van der Waals surface area contributed by atoms with E-state index in [9.17, 15) is 24.0 Å². The first kappa shape index (κ1) is 27.8. The zero-order valence-corrected chi connectivity index (χ0v) is 21.0. The third-order valence-electron chi connectivity index (χ3n) is 5.05. The number of nitrogens with one attached hydrogen (secondary N) is 2. The monoisotopic (exact) mass is 521 g/mol. The predicted octanol–water partition coefficient (Wildman–Crippen LogP) is 3.31. The van der Waals surface area contributed by atoms with Gasteiger partial charge in [0, 0.05) is 13.1 Å². The summed E-state index contributed by atoms with van der Waals surface area (Å²) in [5, 5.41) is 2.83. The molecule has 198 valence electrons. The Morgan fingerprint density at radius 3 is 1.97 bits per heavy atom. The van der Waals surface area contributed by atoms with Crippen LogP contribution in [0.15, 0.2) is 71.7 Å². The van der Waals surface area contributed by atoms with Crippen molar-refractivity contribution in [1.82, 2.24) is 15.3 Å². The molecule has 0 fully saturated rings. The number of ether oxygens (including phenoxy) is 3. The zero-order valence-electron chi connectivity index (χ0n) is 21.0. The van der Waals surface area contributed by atoms with Gasteiger partial charge in [0.05, 0.1) is 12.1 Å². The van der Waals surface area contributed by atoms with E-state index in [1.165, 1.54) is 6.92 Å². The van der Waals surface area contributed by atoms with Gasteiger partial charge >= 0.3 is 12.1 Å². The molecule has 0 saturated heterocycles. The molecule has 38 heavy (non-hydrogen) atoms. The molecule has 0 bridgehead atoms. The first-order chi connectivity index (χ1) is 18.1. The van der Waals surface area contributed by atoms with Gasteiger partial charge in [0.2, 0.25) is 12.1 Å². The van der Waals surface area contributed by atoms with Crippen LogP contribution in [0.2, 0.25) is 0 Å². The molecule has 1 unspecified atom stereocenters. The number of benzene rings is 2. The summed E-state index contributed by atoms with van der Waals surface area (Å²) in [6.07, 6.45) is -2.59. The molecular weight excluding hydrogens is 494 g/mol. The summed E-state index contributed by atoms with van der Waals surface area (Å²) in [5.74, 6) is -3.01. The molecule has 2 N–H and O–H groups in total. The van der Waals surface area contributed by atoms with E-state index in [1.54, 1.807) is 13.8 Å². The fourth-order valence-electron chi connectivity index (χ4n) is 3.38. The summed E-state index contributed by atoms with van der Waals surface area (Å²) in [6.45, 7) is 4.50. The fourth-order valence-corrected chi connectivity index (χ4v) is 3.38. The molecule has 0 aliphatic heterocycles. The summed E-state index contributed by atoms with van der Waals surface area (Å²) >= 11 is 0. The number of rotatable bonds is 10. The van der Waals surface area contributed by atoms with E-state index in [0.717, 1.165) is 17.3 Å². The van der Waals surface area contributed by atoms with Crippen LogP contribution >= 0.6 is 0 Å². The van der Waals surface area contributed by atoms with Crippen molar-refractivity contribution in [3.63, 3.8) is 0 Å². The lowest BCUT2D eigenvalue weighted by atomic mass is 9.98. The van der Waals surface area contributed by atoms with E-state index in [-0.39, 0.29) is 5.56 Å². The maximum Gasteiger partial charge on any atom is 0.511 e. The third kappa shape index (κ3) is 7.85. The molecule has 1 aromatic heterocycles. The van der Waals surface area contributed by atoms with Gasteiger partial charge in [0.15, 0.2) is 5.82 Å². The largest absolute Gasteiger partial charge is 0.511 e. The molecule has 1 atom stereocenters. The lowest BCUT2D eigenvalue weighted by Gasteiger charge is -2.19. The van der Waals surface area contributed by atoms with Crippen molar-refractivity contribution in [3.8, 4) is 0 Å². The van der Waals surface area contributed by atoms with Gasteiger partial charge in [-0.05, 0) is 25.0 Å². The predicted molar refractivity (Wildman–Crippen MR) is 134 cm³/mol. The number of aromatic nitrogens is 2. The van der Waals surface area contributed by atoms with Gasteiger partial charge in [-0.3, -0.25) is 19.2 Å². The molecular formula is C27H27N3O8. The second-order valence-corrected chi connectivity index (χ2v) is 8.39. The highest BCUT2D eigenvalue weighted by atomic mass is 16.8. The number of Topliss-reactive ketones (excluding diaryl/α,β-unsaturated/α-hetero) is 1. The van der Waals surface area contributed by atoms with Crippen LogP contribution in [0.5, 0.6) is 0 Å². The second kappa shape index (κ2) is 12.9. The Labute approximate surface area is 218 Å². The van der Waals surface area contributed by atoms with Gasteiger partial charge in [-0.2, -0.15) is 0 Å². The number of hydrogen-bond acceptors (Lipinski definition) is 9. The Kier molecular flexibility index (Phi) is 9.47. The van der Waals surface area contributed by atoms with E-state index in [4.69, 9.17) is 14.2 Å². The highest BCUT2D eigenvalue weighted by Crippen LogP contribution is 2.22. The number of nitrogens with zero attached hydrogens (tertiary/aromatic N) is 1. The average Bonchev–Trinajstić information content (AvgIpc) is 2.87. The number of ketones is 1. The molecule has 0 saturated carbocycles. The van der Waals surface area contributed by atoms with Gasteiger partial charge in [-0.25, -0.2) is 9.78 Å². The minimum absolute atomic E-state index is 0.313. The molecule has 11 heteroatoms. The van der Waals surface area contributed by atoms with Crippen molar-refractivity contribution in [2.75, 3.05) is 0 Å². The van der Waals surface area contributed by atoms with Crippen LogP contribution in [0, 0.1) is 0 Å². The van der Waals surface area contributed by atoms with Crippen molar-refractivity contribution in [3.05, 3.63) is 99.7 Å². The number of hydrogen-bond donors (Lipinski definition) is 2. The number of H-pyrrole nitrogens is 1. The molecule has 3 aromatic rings. The molecule has 11 nitrogen and oxygen atoms in total. The average molecular weight is 522 g/mol. The second-order valence-electron chi connectivity index (χ2n) is 8.39.